The molecule has 0 saturated carbocycles. The summed E-state index contributed by atoms with van der Waals surface area (Å²) in [5, 5.41) is 13.6. The average Bonchev–Trinajstić information content (AvgIpc) is 2.35. The van der Waals surface area contributed by atoms with E-state index in [2.05, 4.69) is 10.6 Å². The largest absolute Gasteiger partial charge is 0.481 e. The predicted molar refractivity (Wildman–Crippen MR) is 68.1 cm³/mol. The number of rotatable bonds is 6. The van der Waals surface area contributed by atoms with Crippen LogP contribution >= 0.6 is 0 Å². The Morgan fingerprint density at radius 1 is 1.37 bits per heavy atom. The van der Waals surface area contributed by atoms with Gasteiger partial charge in [-0.1, -0.05) is 18.2 Å². The van der Waals surface area contributed by atoms with Gasteiger partial charge >= 0.3 is 12.0 Å². The molecule has 1 atom stereocenters. The third-order valence-corrected chi connectivity index (χ3v) is 2.57. The van der Waals surface area contributed by atoms with Crippen LogP contribution in [0.3, 0.4) is 0 Å². The number of urea groups is 1. The van der Waals surface area contributed by atoms with Gasteiger partial charge in [-0.2, -0.15) is 0 Å². The maximum atomic E-state index is 13.3. The van der Waals surface area contributed by atoms with Crippen molar-refractivity contribution in [1.29, 1.82) is 0 Å². The van der Waals surface area contributed by atoms with Crippen molar-refractivity contribution in [3.05, 3.63) is 35.6 Å². The van der Waals surface area contributed by atoms with Crippen molar-refractivity contribution in [2.45, 2.75) is 32.4 Å². The zero-order valence-electron chi connectivity index (χ0n) is 10.6. The Morgan fingerprint density at radius 3 is 2.68 bits per heavy atom. The van der Waals surface area contributed by atoms with Crippen molar-refractivity contribution in [3.63, 3.8) is 0 Å². The summed E-state index contributed by atoms with van der Waals surface area (Å²) in [5.74, 6) is -1.28. The Morgan fingerprint density at radius 2 is 2.05 bits per heavy atom. The second-order valence-electron chi connectivity index (χ2n) is 4.25. The molecule has 0 aliphatic rings. The van der Waals surface area contributed by atoms with Crippen LogP contribution in [0.2, 0.25) is 0 Å². The highest BCUT2D eigenvalue weighted by molar-refractivity contribution is 5.74. The van der Waals surface area contributed by atoms with Crippen LogP contribution in [-0.2, 0) is 11.3 Å². The first-order valence-electron chi connectivity index (χ1n) is 5.98. The molecular formula is C13H17FN2O3. The molecule has 0 saturated heterocycles. The number of aliphatic carboxylic acids is 1. The maximum Gasteiger partial charge on any atom is 0.315 e. The van der Waals surface area contributed by atoms with Crippen LogP contribution in [0.25, 0.3) is 0 Å². The molecule has 1 rings (SSSR count). The highest BCUT2D eigenvalue weighted by atomic mass is 19.1. The second kappa shape index (κ2) is 7.35. The van der Waals surface area contributed by atoms with E-state index in [4.69, 9.17) is 5.11 Å². The van der Waals surface area contributed by atoms with Gasteiger partial charge in [-0.3, -0.25) is 4.79 Å². The first-order chi connectivity index (χ1) is 8.99. The molecule has 104 valence electrons. The fourth-order valence-electron chi connectivity index (χ4n) is 1.50. The topological polar surface area (TPSA) is 78.4 Å². The Labute approximate surface area is 110 Å². The molecule has 0 radical (unpaired) electrons. The lowest BCUT2D eigenvalue weighted by atomic mass is 10.2. The van der Waals surface area contributed by atoms with E-state index in [1.54, 1.807) is 25.1 Å². The number of amides is 2. The van der Waals surface area contributed by atoms with Crippen molar-refractivity contribution < 1.29 is 19.1 Å². The number of carbonyl (C=O) groups excluding carboxylic acids is 1. The lowest BCUT2D eigenvalue weighted by molar-refractivity contribution is -0.137. The summed E-state index contributed by atoms with van der Waals surface area (Å²) >= 11 is 0. The van der Waals surface area contributed by atoms with Crippen molar-refractivity contribution in [2.75, 3.05) is 0 Å². The highest BCUT2D eigenvalue weighted by Gasteiger charge is 2.09. The zero-order valence-corrected chi connectivity index (χ0v) is 10.6. The van der Waals surface area contributed by atoms with E-state index < -0.39 is 12.0 Å². The molecule has 0 aliphatic heterocycles. The molecule has 2 amide bonds. The molecule has 5 nitrogen and oxygen atoms in total. The van der Waals surface area contributed by atoms with Crippen LogP contribution in [0.1, 0.15) is 25.3 Å². The summed E-state index contributed by atoms with van der Waals surface area (Å²) in [6.45, 7) is 1.80. The van der Waals surface area contributed by atoms with E-state index in [1.165, 1.54) is 6.07 Å². The molecule has 0 aromatic heterocycles. The summed E-state index contributed by atoms with van der Waals surface area (Å²) in [5.41, 5.74) is 0.399. The van der Waals surface area contributed by atoms with Gasteiger partial charge in [0.05, 0.1) is 0 Å². The third kappa shape index (κ3) is 5.85. The lowest BCUT2D eigenvalue weighted by Gasteiger charge is -2.13. The Kier molecular flexibility index (Phi) is 5.78. The lowest BCUT2D eigenvalue weighted by Crippen LogP contribution is -2.40. The van der Waals surface area contributed by atoms with E-state index in [0.717, 1.165) is 0 Å². The van der Waals surface area contributed by atoms with Gasteiger partial charge < -0.3 is 15.7 Å². The van der Waals surface area contributed by atoms with E-state index in [0.29, 0.717) is 12.0 Å². The number of hydrogen-bond donors (Lipinski definition) is 3. The minimum absolute atomic E-state index is 0.00520. The van der Waals surface area contributed by atoms with Crippen LogP contribution in [0.4, 0.5) is 9.18 Å². The van der Waals surface area contributed by atoms with Crippen molar-refractivity contribution in [3.8, 4) is 0 Å². The van der Waals surface area contributed by atoms with Crippen LogP contribution in [0.5, 0.6) is 0 Å². The number of carboxylic acid groups (broad SMARTS) is 1. The van der Waals surface area contributed by atoms with Gasteiger partial charge in [0.25, 0.3) is 0 Å². The second-order valence-corrected chi connectivity index (χ2v) is 4.25. The van der Waals surface area contributed by atoms with Gasteiger partial charge in [0.15, 0.2) is 0 Å². The van der Waals surface area contributed by atoms with E-state index in [9.17, 15) is 14.0 Å². The monoisotopic (exact) mass is 268 g/mol. The number of nitrogens with one attached hydrogen (secondary N) is 2. The van der Waals surface area contributed by atoms with Crippen molar-refractivity contribution >= 4 is 12.0 Å². The fraction of sp³-hybridized carbons (Fsp3) is 0.385. The number of carbonyl (C=O) groups is 2. The molecule has 1 unspecified atom stereocenters. The predicted octanol–water partition coefficient (Wildman–Crippen LogP) is 1.88. The third-order valence-electron chi connectivity index (χ3n) is 2.57. The smallest absolute Gasteiger partial charge is 0.315 e. The minimum Gasteiger partial charge on any atom is -0.481 e. The van der Waals surface area contributed by atoms with Crippen molar-refractivity contribution in [1.82, 2.24) is 10.6 Å². The maximum absolute atomic E-state index is 13.3. The van der Waals surface area contributed by atoms with Gasteiger partial charge in [-0.15, -0.1) is 0 Å². The SMILES string of the molecule is CC(CCC(=O)O)NC(=O)NCc1ccccc1F. The molecule has 0 aliphatic carbocycles. The van der Waals surface area contributed by atoms with Gasteiger partial charge in [-0.25, -0.2) is 9.18 Å². The summed E-state index contributed by atoms with van der Waals surface area (Å²) in [6, 6.07) is 5.48. The average molecular weight is 268 g/mol. The minimum atomic E-state index is -0.902. The van der Waals surface area contributed by atoms with Gasteiger partial charge in [0.1, 0.15) is 5.82 Å². The molecule has 1 aromatic rings. The van der Waals surface area contributed by atoms with E-state index in [-0.39, 0.29) is 24.8 Å². The molecule has 0 fully saturated rings. The number of hydrogen-bond acceptors (Lipinski definition) is 2. The normalized spacial score (nSPS) is 11.7. The molecule has 0 bridgehead atoms. The fourth-order valence-corrected chi connectivity index (χ4v) is 1.50. The molecular weight excluding hydrogens is 251 g/mol. The first-order valence-corrected chi connectivity index (χ1v) is 5.98. The van der Waals surface area contributed by atoms with Gasteiger partial charge in [0.2, 0.25) is 0 Å². The number of benzene rings is 1. The zero-order chi connectivity index (χ0) is 14.3. The van der Waals surface area contributed by atoms with Gasteiger partial charge in [0, 0.05) is 24.6 Å². The van der Waals surface area contributed by atoms with E-state index >= 15 is 0 Å². The van der Waals surface area contributed by atoms with Crippen LogP contribution in [0, 0.1) is 5.82 Å². The summed E-state index contributed by atoms with van der Waals surface area (Å²) in [7, 11) is 0. The molecule has 1 aromatic carbocycles. The van der Waals surface area contributed by atoms with E-state index in [1.807, 2.05) is 0 Å². The Bertz CT molecular complexity index is 451. The first kappa shape index (κ1) is 14.9. The number of carboxylic acids is 1. The Balaban J connectivity index is 2.32. The summed E-state index contributed by atoms with van der Waals surface area (Å²) in [6.07, 6.45) is 0.344. The van der Waals surface area contributed by atoms with Crippen LogP contribution < -0.4 is 10.6 Å². The van der Waals surface area contributed by atoms with Crippen molar-refractivity contribution in [2.24, 2.45) is 0 Å². The Hall–Kier alpha value is -2.11. The standard InChI is InChI=1S/C13H17FN2O3/c1-9(6-7-12(17)18)16-13(19)15-8-10-4-2-3-5-11(10)14/h2-5,9H,6-8H2,1H3,(H,17,18)(H2,15,16,19). The molecule has 6 heteroatoms. The molecule has 0 heterocycles. The molecule has 19 heavy (non-hydrogen) atoms. The highest BCUT2D eigenvalue weighted by Crippen LogP contribution is 2.05. The number of halogens is 1. The molecule has 3 N–H and O–H groups in total. The molecule has 0 spiro atoms. The van der Waals surface area contributed by atoms with Crippen LogP contribution in [0.15, 0.2) is 24.3 Å². The summed E-state index contributed by atoms with van der Waals surface area (Å²) in [4.78, 5) is 21.9. The quantitative estimate of drug-likeness (QED) is 0.737. The van der Waals surface area contributed by atoms with Gasteiger partial charge in [-0.05, 0) is 19.4 Å². The van der Waals surface area contributed by atoms with Crippen LogP contribution in [-0.4, -0.2) is 23.1 Å². The summed E-state index contributed by atoms with van der Waals surface area (Å²) < 4.78 is 13.3.